The molecule has 0 aromatic carbocycles. The summed E-state index contributed by atoms with van der Waals surface area (Å²) in [6.45, 7) is 4.11. The molecular formula is C10H17F2N3O. The Morgan fingerprint density at radius 3 is 2.50 bits per heavy atom. The molecule has 0 saturated heterocycles. The van der Waals surface area contributed by atoms with Crippen LogP contribution in [0.15, 0.2) is 0 Å². The minimum Gasteiger partial charge on any atom is -0.386 e. The average Bonchev–Trinajstić information content (AvgIpc) is 2.44. The number of halogens is 2. The Morgan fingerprint density at radius 1 is 1.44 bits per heavy atom. The fraction of sp³-hybridized carbons (Fsp3) is 0.700. The first kappa shape index (κ1) is 13.1. The van der Waals surface area contributed by atoms with Crippen LogP contribution in [0.25, 0.3) is 0 Å². The highest BCUT2D eigenvalue weighted by atomic mass is 19.3. The van der Waals surface area contributed by atoms with Crippen molar-refractivity contribution in [1.82, 2.24) is 15.1 Å². The molecule has 0 aliphatic carbocycles. The lowest BCUT2D eigenvalue weighted by Gasteiger charge is -2.10. The van der Waals surface area contributed by atoms with E-state index in [9.17, 15) is 8.78 Å². The molecular weight excluding hydrogens is 216 g/mol. The molecule has 1 rings (SSSR count). The Hall–Kier alpha value is -1.01. The summed E-state index contributed by atoms with van der Waals surface area (Å²) in [7, 11) is 1.83. The number of aliphatic hydroxyl groups is 1. The molecule has 1 aromatic rings. The van der Waals surface area contributed by atoms with Gasteiger partial charge in [-0.25, -0.2) is 8.78 Å². The normalized spacial score (nSPS) is 13.4. The van der Waals surface area contributed by atoms with Crippen LogP contribution < -0.4 is 5.32 Å². The van der Waals surface area contributed by atoms with Crippen LogP contribution in [0.3, 0.4) is 0 Å². The summed E-state index contributed by atoms with van der Waals surface area (Å²) in [6.07, 6.45) is -4.32. The average molecular weight is 233 g/mol. The van der Waals surface area contributed by atoms with E-state index in [4.69, 9.17) is 5.11 Å². The van der Waals surface area contributed by atoms with Crippen LogP contribution in [-0.4, -0.2) is 34.0 Å². The zero-order valence-corrected chi connectivity index (χ0v) is 9.67. The molecule has 0 bridgehead atoms. The summed E-state index contributed by atoms with van der Waals surface area (Å²) in [4.78, 5) is 0. The van der Waals surface area contributed by atoms with Gasteiger partial charge in [-0.3, -0.25) is 4.68 Å². The van der Waals surface area contributed by atoms with Gasteiger partial charge in [-0.15, -0.1) is 0 Å². The van der Waals surface area contributed by atoms with Crippen molar-refractivity contribution in [1.29, 1.82) is 0 Å². The molecule has 0 fully saturated rings. The van der Waals surface area contributed by atoms with E-state index >= 15 is 0 Å². The summed E-state index contributed by atoms with van der Waals surface area (Å²) in [5, 5.41) is 15.9. The molecule has 1 heterocycles. The second-order valence-corrected chi connectivity index (χ2v) is 3.81. The van der Waals surface area contributed by atoms with E-state index in [0.29, 0.717) is 6.54 Å². The first-order valence-corrected chi connectivity index (χ1v) is 5.09. The van der Waals surface area contributed by atoms with Crippen molar-refractivity contribution in [2.45, 2.75) is 32.9 Å². The molecule has 16 heavy (non-hydrogen) atoms. The molecule has 0 amide bonds. The highest BCUT2D eigenvalue weighted by Crippen LogP contribution is 2.11. The van der Waals surface area contributed by atoms with E-state index in [-0.39, 0.29) is 6.54 Å². The third-order valence-corrected chi connectivity index (χ3v) is 2.60. The maximum absolute atomic E-state index is 12.0. The van der Waals surface area contributed by atoms with Crippen molar-refractivity contribution in [2.24, 2.45) is 7.05 Å². The molecule has 0 aliphatic heterocycles. The maximum Gasteiger partial charge on any atom is 0.265 e. The Balaban J connectivity index is 2.49. The second-order valence-electron chi connectivity index (χ2n) is 3.81. The van der Waals surface area contributed by atoms with Crippen molar-refractivity contribution >= 4 is 0 Å². The van der Waals surface area contributed by atoms with E-state index < -0.39 is 12.5 Å². The number of nitrogens with one attached hydrogen (secondary N) is 1. The molecule has 2 N–H and O–H groups in total. The van der Waals surface area contributed by atoms with Crippen molar-refractivity contribution in [3.63, 3.8) is 0 Å². The molecule has 4 nitrogen and oxygen atoms in total. The Kier molecular flexibility index (Phi) is 4.37. The molecule has 1 aromatic heterocycles. The van der Waals surface area contributed by atoms with Gasteiger partial charge < -0.3 is 10.4 Å². The van der Waals surface area contributed by atoms with Crippen LogP contribution in [0.5, 0.6) is 0 Å². The summed E-state index contributed by atoms with van der Waals surface area (Å²) >= 11 is 0. The third kappa shape index (κ3) is 2.99. The van der Waals surface area contributed by atoms with E-state index in [1.54, 1.807) is 4.68 Å². The summed E-state index contributed by atoms with van der Waals surface area (Å²) in [5.74, 6) is 0. The number of hydrogen-bond donors (Lipinski definition) is 2. The highest BCUT2D eigenvalue weighted by molar-refractivity contribution is 5.23. The van der Waals surface area contributed by atoms with Gasteiger partial charge in [-0.2, -0.15) is 5.10 Å². The number of rotatable bonds is 5. The van der Waals surface area contributed by atoms with Crippen LogP contribution >= 0.6 is 0 Å². The summed E-state index contributed by atoms with van der Waals surface area (Å²) < 4.78 is 25.8. The topological polar surface area (TPSA) is 50.1 Å². The van der Waals surface area contributed by atoms with Crippen LogP contribution in [0.4, 0.5) is 8.78 Å². The molecule has 0 radical (unpaired) electrons. The van der Waals surface area contributed by atoms with Gasteiger partial charge in [-0.05, 0) is 13.8 Å². The Labute approximate surface area is 93.3 Å². The number of aliphatic hydroxyl groups excluding tert-OH is 1. The van der Waals surface area contributed by atoms with Crippen LogP contribution in [-0.2, 0) is 13.6 Å². The largest absolute Gasteiger partial charge is 0.386 e. The van der Waals surface area contributed by atoms with Crippen molar-refractivity contribution in [3.05, 3.63) is 17.0 Å². The molecule has 1 atom stereocenters. The summed E-state index contributed by atoms with van der Waals surface area (Å²) in [5.41, 5.74) is 2.86. The third-order valence-electron chi connectivity index (χ3n) is 2.60. The van der Waals surface area contributed by atoms with Gasteiger partial charge in [-0.1, -0.05) is 0 Å². The molecule has 0 spiro atoms. The Bertz CT molecular complexity index is 352. The number of alkyl halides is 2. The lowest BCUT2D eigenvalue weighted by atomic mass is 10.2. The van der Waals surface area contributed by atoms with Gasteiger partial charge in [0.05, 0.1) is 5.69 Å². The number of nitrogens with zero attached hydrogens (tertiary/aromatic N) is 2. The molecule has 6 heteroatoms. The molecule has 0 aliphatic rings. The van der Waals surface area contributed by atoms with Gasteiger partial charge in [0.25, 0.3) is 6.43 Å². The molecule has 92 valence electrons. The monoisotopic (exact) mass is 233 g/mol. The van der Waals surface area contributed by atoms with E-state index in [1.165, 1.54) is 0 Å². The highest BCUT2D eigenvalue weighted by Gasteiger charge is 2.16. The quantitative estimate of drug-likeness (QED) is 0.789. The van der Waals surface area contributed by atoms with Gasteiger partial charge in [0.1, 0.15) is 6.10 Å². The smallest absolute Gasteiger partial charge is 0.265 e. The molecule has 0 saturated carbocycles. The molecule has 1 unspecified atom stereocenters. The number of aromatic nitrogens is 2. The minimum absolute atomic E-state index is 0.120. The van der Waals surface area contributed by atoms with Crippen LogP contribution in [0.1, 0.15) is 17.0 Å². The number of aryl methyl sites for hydroxylation is 2. The van der Waals surface area contributed by atoms with E-state index in [1.807, 2.05) is 20.9 Å². The second kappa shape index (κ2) is 5.36. The van der Waals surface area contributed by atoms with Gasteiger partial charge >= 0.3 is 0 Å². The van der Waals surface area contributed by atoms with Crippen LogP contribution in [0.2, 0.25) is 0 Å². The van der Waals surface area contributed by atoms with Gasteiger partial charge in [0.2, 0.25) is 0 Å². The van der Waals surface area contributed by atoms with Crippen molar-refractivity contribution in [2.75, 3.05) is 6.54 Å². The van der Waals surface area contributed by atoms with Crippen molar-refractivity contribution in [3.8, 4) is 0 Å². The minimum atomic E-state index is -2.71. The van der Waals surface area contributed by atoms with Gasteiger partial charge in [0, 0.05) is 31.4 Å². The number of hydrogen-bond acceptors (Lipinski definition) is 3. The SMILES string of the molecule is Cc1nn(C)c(C)c1CNCC(O)C(F)F. The zero-order chi connectivity index (χ0) is 12.3. The predicted molar refractivity (Wildman–Crippen MR) is 56.4 cm³/mol. The maximum atomic E-state index is 12.0. The van der Waals surface area contributed by atoms with Gasteiger partial charge in [0.15, 0.2) is 0 Å². The summed E-state index contributed by atoms with van der Waals surface area (Å²) in [6, 6.07) is 0. The standard InChI is InChI=1S/C10H17F2N3O/c1-6-8(7(2)15(3)14-6)4-13-5-9(16)10(11)12/h9-10,13,16H,4-5H2,1-3H3. The van der Waals surface area contributed by atoms with E-state index in [0.717, 1.165) is 17.0 Å². The zero-order valence-electron chi connectivity index (χ0n) is 9.67. The lowest BCUT2D eigenvalue weighted by molar-refractivity contribution is -0.00341. The van der Waals surface area contributed by atoms with Crippen LogP contribution in [0, 0.1) is 13.8 Å². The predicted octanol–water partition coefficient (Wildman–Crippen LogP) is 0.753. The lowest BCUT2D eigenvalue weighted by Crippen LogP contribution is -2.31. The fourth-order valence-electron chi connectivity index (χ4n) is 1.51. The Morgan fingerprint density at radius 2 is 2.06 bits per heavy atom. The fourth-order valence-corrected chi connectivity index (χ4v) is 1.51. The van der Waals surface area contributed by atoms with Crippen molar-refractivity contribution < 1.29 is 13.9 Å². The first-order valence-electron chi connectivity index (χ1n) is 5.09. The first-order chi connectivity index (χ1) is 7.43. The van der Waals surface area contributed by atoms with E-state index in [2.05, 4.69) is 10.4 Å².